The van der Waals surface area contributed by atoms with Crippen LogP contribution in [0, 0.1) is 0 Å². The summed E-state index contributed by atoms with van der Waals surface area (Å²) in [5.74, 6) is 1.03. The average Bonchev–Trinajstić information content (AvgIpc) is 2.39. The Morgan fingerprint density at radius 1 is 1.39 bits per heavy atom. The molecule has 0 bridgehead atoms. The topological polar surface area (TPSA) is 76.2 Å². The Kier molecular flexibility index (Phi) is 4.06. The molecule has 0 saturated carbocycles. The van der Waals surface area contributed by atoms with Crippen molar-refractivity contribution >= 4 is 22.5 Å². The van der Waals surface area contributed by atoms with Crippen LogP contribution >= 0.6 is 0 Å². The maximum absolute atomic E-state index is 5.81. The lowest BCUT2D eigenvalue weighted by atomic mass is 10.2. The Morgan fingerprint density at radius 3 is 3.06 bits per heavy atom. The Bertz CT molecular complexity index is 545. The van der Waals surface area contributed by atoms with Gasteiger partial charge in [-0.25, -0.2) is 0 Å². The first-order valence-corrected chi connectivity index (χ1v) is 6.08. The molecule has 18 heavy (non-hydrogen) atoms. The second kappa shape index (κ2) is 5.95. The first-order valence-electron chi connectivity index (χ1n) is 6.08. The molecular weight excluding hydrogens is 226 g/mol. The first-order chi connectivity index (χ1) is 8.81. The number of rotatable bonds is 4. The number of nitrogens with one attached hydrogen (secondary N) is 1. The van der Waals surface area contributed by atoms with Crippen LogP contribution in [0.5, 0.6) is 0 Å². The van der Waals surface area contributed by atoms with Gasteiger partial charge in [-0.3, -0.25) is 4.99 Å². The van der Waals surface area contributed by atoms with Gasteiger partial charge >= 0.3 is 0 Å². The molecule has 1 aromatic heterocycles. The van der Waals surface area contributed by atoms with Gasteiger partial charge in [-0.05, 0) is 6.42 Å². The molecule has 0 aliphatic carbocycles. The number of hydrogen-bond donors (Lipinski definition) is 2. The van der Waals surface area contributed by atoms with Crippen LogP contribution < -0.4 is 11.1 Å². The van der Waals surface area contributed by atoms with Crippen LogP contribution in [-0.4, -0.2) is 22.7 Å². The number of benzene rings is 1. The van der Waals surface area contributed by atoms with E-state index in [1.807, 2.05) is 24.3 Å². The number of unbranched alkanes of at least 4 members (excludes halogenated alkanes) is 1. The minimum absolute atomic E-state index is 0.383. The third kappa shape index (κ3) is 2.94. The summed E-state index contributed by atoms with van der Waals surface area (Å²) in [4.78, 5) is 4.23. The molecule has 0 fully saturated rings. The number of aromatic nitrogens is 2. The summed E-state index contributed by atoms with van der Waals surface area (Å²) in [5, 5.41) is 13.0. The highest BCUT2D eigenvalue weighted by atomic mass is 15.2. The van der Waals surface area contributed by atoms with Gasteiger partial charge < -0.3 is 11.1 Å². The van der Waals surface area contributed by atoms with Crippen molar-refractivity contribution in [3.63, 3.8) is 0 Å². The zero-order valence-electron chi connectivity index (χ0n) is 10.4. The van der Waals surface area contributed by atoms with Gasteiger partial charge in [-0.1, -0.05) is 37.6 Å². The Hall–Kier alpha value is -2.17. The number of nitrogens with zero attached hydrogens (tertiary/aromatic N) is 3. The average molecular weight is 243 g/mol. The van der Waals surface area contributed by atoms with Crippen LogP contribution in [0.15, 0.2) is 35.5 Å². The van der Waals surface area contributed by atoms with Crippen molar-refractivity contribution in [2.45, 2.75) is 19.8 Å². The molecule has 0 spiro atoms. The van der Waals surface area contributed by atoms with E-state index in [1.165, 1.54) is 0 Å². The lowest BCUT2D eigenvalue weighted by molar-refractivity contribution is 0.807. The van der Waals surface area contributed by atoms with Crippen LogP contribution in [-0.2, 0) is 0 Å². The van der Waals surface area contributed by atoms with Gasteiger partial charge in [0.2, 0.25) is 0 Å². The fraction of sp³-hybridized carbons (Fsp3) is 0.308. The molecule has 5 heteroatoms. The van der Waals surface area contributed by atoms with Gasteiger partial charge in [0.1, 0.15) is 0 Å². The van der Waals surface area contributed by atoms with E-state index in [-0.39, 0.29) is 0 Å². The van der Waals surface area contributed by atoms with Crippen molar-refractivity contribution in [3.05, 3.63) is 30.5 Å². The molecule has 0 atom stereocenters. The number of guanidine groups is 1. The Balaban J connectivity index is 2.19. The van der Waals surface area contributed by atoms with Crippen molar-refractivity contribution in [2.24, 2.45) is 10.7 Å². The van der Waals surface area contributed by atoms with Crippen molar-refractivity contribution in [3.8, 4) is 0 Å². The molecule has 2 aromatic rings. The molecule has 0 unspecified atom stereocenters. The van der Waals surface area contributed by atoms with Crippen LogP contribution in [0.25, 0.3) is 10.8 Å². The summed E-state index contributed by atoms with van der Waals surface area (Å²) in [6, 6.07) is 7.89. The number of nitrogens with two attached hydrogens (primary N) is 1. The second-order valence-corrected chi connectivity index (χ2v) is 4.03. The van der Waals surface area contributed by atoms with E-state index in [9.17, 15) is 0 Å². The third-order valence-electron chi connectivity index (χ3n) is 2.61. The van der Waals surface area contributed by atoms with Gasteiger partial charge in [0.15, 0.2) is 11.8 Å². The van der Waals surface area contributed by atoms with Crippen LogP contribution in [0.1, 0.15) is 19.8 Å². The zero-order chi connectivity index (χ0) is 12.8. The highest BCUT2D eigenvalue weighted by Crippen LogP contribution is 2.18. The fourth-order valence-corrected chi connectivity index (χ4v) is 1.64. The summed E-state index contributed by atoms with van der Waals surface area (Å²) in [6.45, 7) is 2.85. The van der Waals surface area contributed by atoms with Gasteiger partial charge in [-0.2, -0.15) is 5.10 Å². The zero-order valence-corrected chi connectivity index (χ0v) is 10.4. The van der Waals surface area contributed by atoms with Crippen LogP contribution in [0.4, 0.5) is 5.82 Å². The molecule has 1 aromatic carbocycles. The van der Waals surface area contributed by atoms with E-state index >= 15 is 0 Å². The normalized spacial score (nSPS) is 11.7. The van der Waals surface area contributed by atoms with Crippen molar-refractivity contribution in [1.82, 2.24) is 10.2 Å². The molecule has 94 valence electrons. The number of aliphatic imine (C=N–C) groups is 1. The lowest BCUT2D eigenvalue weighted by Crippen LogP contribution is -2.23. The molecular formula is C13H17N5. The minimum Gasteiger partial charge on any atom is -0.370 e. The highest BCUT2D eigenvalue weighted by molar-refractivity contribution is 6.00. The third-order valence-corrected chi connectivity index (χ3v) is 2.61. The molecule has 0 radical (unpaired) electrons. The van der Waals surface area contributed by atoms with E-state index in [4.69, 9.17) is 5.73 Å². The molecule has 0 amide bonds. The van der Waals surface area contributed by atoms with E-state index in [0.29, 0.717) is 11.8 Å². The van der Waals surface area contributed by atoms with E-state index in [1.54, 1.807) is 6.20 Å². The van der Waals surface area contributed by atoms with Crippen molar-refractivity contribution in [2.75, 3.05) is 11.9 Å². The monoisotopic (exact) mass is 243 g/mol. The number of anilines is 1. The van der Waals surface area contributed by atoms with Crippen molar-refractivity contribution < 1.29 is 0 Å². The van der Waals surface area contributed by atoms with E-state index in [2.05, 4.69) is 27.4 Å². The lowest BCUT2D eigenvalue weighted by Gasteiger charge is -2.06. The minimum atomic E-state index is 0.383. The Labute approximate surface area is 106 Å². The summed E-state index contributed by atoms with van der Waals surface area (Å²) >= 11 is 0. The SMILES string of the molecule is CCCCN=C(N)Nc1nncc2ccccc12. The predicted octanol–water partition coefficient (Wildman–Crippen LogP) is 2.16. The summed E-state index contributed by atoms with van der Waals surface area (Å²) < 4.78 is 0. The summed E-state index contributed by atoms with van der Waals surface area (Å²) in [6.07, 6.45) is 3.86. The van der Waals surface area contributed by atoms with E-state index in [0.717, 1.165) is 30.2 Å². The molecule has 5 nitrogen and oxygen atoms in total. The molecule has 0 aliphatic rings. The quantitative estimate of drug-likeness (QED) is 0.490. The van der Waals surface area contributed by atoms with Gasteiger partial charge in [0, 0.05) is 17.3 Å². The molecule has 3 N–H and O–H groups in total. The Morgan fingerprint density at radius 2 is 2.22 bits per heavy atom. The number of hydrogen-bond acceptors (Lipinski definition) is 3. The van der Waals surface area contributed by atoms with Gasteiger partial charge in [0.05, 0.1) is 6.20 Å². The summed E-state index contributed by atoms with van der Waals surface area (Å²) in [5.41, 5.74) is 5.81. The predicted molar refractivity (Wildman–Crippen MR) is 74.6 cm³/mol. The first kappa shape index (κ1) is 12.3. The molecule has 0 aliphatic heterocycles. The molecule has 1 heterocycles. The fourth-order valence-electron chi connectivity index (χ4n) is 1.64. The van der Waals surface area contributed by atoms with Crippen LogP contribution in [0.2, 0.25) is 0 Å². The van der Waals surface area contributed by atoms with Crippen LogP contribution in [0.3, 0.4) is 0 Å². The molecule has 0 saturated heterocycles. The maximum atomic E-state index is 5.81. The summed E-state index contributed by atoms with van der Waals surface area (Å²) in [7, 11) is 0. The maximum Gasteiger partial charge on any atom is 0.194 e. The van der Waals surface area contributed by atoms with Crippen molar-refractivity contribution in [1.29, 1.82) is 0 Å². The van der Waals surface area contributed by atoms with Gasteiger partial charge in [-0.15, -0.1) is 5.10 Å². The molecule has 2 rings (SSSR count). The smallest absolute Gasteiger partial charge is 0.194 e. The highest BCUT2D eigenvalue weighted by Gasteiger charge is 2.03. The number of fused-ring (bicyclic) bond motifs is 1. The largest absolute Gasteiger partial charge is 0.370 e. The standard InChI is InChI=1S/C13H17N5/c1-2-3-8-15-13(14)17-12-11-7-5-4-6-10(11)9-16-18-12/h4-7,9H,2-3,8H2,1H3,(H3,14,15,17,18). The van der Waals surface area contributed by atoms with Gasteiger partial charge in [0.25, 0.3) is 0 Å². The van der Waals surface area contributed by atoms with E-state index < -0.39 is 0 Å². The second-order valence-electron chi connectivity index (χ2n) is 4.03.